The van der Waals surface area contributed by atoms with E-state index in [1.807, 2.05) is 13.8 Å². The summed E-state index contributed by atoms with van der Waals surface area (Å²) in [5, 5.41) is 3.24. The number of nitrogens with one attached hydrogen (secondary N) is 1. The number of nitrogens with zero attached hydrogens (tertiary/aromatic N) is 2. The lowest BCUT2D eigenvalue weighted by molar-refractivity contribution is 0.887. The van der Waals surface area contributed by atoms with Crippen LogP contribution in [0.5, 0.6) is 0 Å². The molecule has 0 fully saturated rings. The van der Waals surface area contributed by atoms with Crippen LogP contribution >= 0.6 is 11.6 Å². The highest BCUT2D eigenvalue weighted by Gasteiger charge is 2.00. The van der Waals surface area contributed by atoms with Crippen molar-refractivity contribution in [3.05, 3.63) is 11.3 Å². The normalized spacial score (nSPS) is 10.3. The maximum absolute atomic E-state index is 5.59. The van der Waals surface area contributed by atoms with E-state index in [1.165, 1.54) is 0 Å². The Morgan fingerprint density at radius 1 is 1.50 bits per heavy atom. The van der Waals surface area contributed by atoms with E-state index in [0.717, 1.165) is 0 Å². The van der Waals surface area contributed by atoms with Gasteiger partial charge in [0.25, 0.3) is 0 Å². The molecule has 0 atom stereocenters. The fourth-order valence-corrected chi connectivity index (χ4v) is 0.994. The molecule has 12 heavy (non-hydrogen) atoms. The zero-order valence-corrected chi connectivity index (χ0v) is 7.76. The Kier molecular flexibility index (Phi) is 2.70. The van der Waals surface area contributed by atoms with E-state index < -0.39 is 0 Å². The predicted molar refractivity (Wildman–Crippen MR) is 50.2 cm³/mol. The summed E-state index contributed by atoms with van der Waals surface area (Å²) in [5.41, 5.74) is 5.46. The topological polar surface area (TPSA) is 63.8 Å². The molecule has 3 N–H and O–H groups in total. The van der Waals surface area contributed by atoms with Gasteiger partial charge < -0.3 is 11.1 Å². The van der Waals surface area contributed by atoms with Crippen molar-refractivity contribution >= 4 is 23.2 Å². The van der Waals surface area contributed by atoms with E-state index in [-0.39, 0.29) is 5.28 Å². The van der Waals surface area contributed by atoms with E-state index in [2.05, 4.69) is 15.3 Å². The van der Waals surface area contributed by atoms with Gasteiger partial charge in [-0.1, -0.05) is 0 Å². The standard InChI is InChI=1S/C7H11ClN4/c1-4(2)10-6-3-5(9)11-7(8)12-6/h3-4H,1-2H3,(H3,9,10,11,12). The minimum Gasteiger partial charge on any atom is -0.383 e. The third kappa shape index (κ3) is 2.54. The first kappa shape index (κ1) is 9.06. The van der Waals surface area contributed by atoms with Gasteiger partial charge in [-0.15, -0.1) is 0 Å². The van der Waals surface area contributed by atoms with Gasteiger partial charge in [-0.25, -0.2) is 9.97 Å². The predicted octanol–water partition coefficient (Wildman–Crippen LogP) is 1.53. The Balaban J connectivity index is 2.85. The molecule has 0 aliphatic heterocycles. The van der Waals surface area contributed by atoms with Crippen LogP contribution in [0.25, 0.3) is 0 Å². The number of anilines is 2. The Labute approximate surface area is 76.2 Å². The summed E-state index contributed by atoms with van der Waals surface area (Å²) >= 11 is 5.59. The maximum Gasteiger partial charge on any atom is 0.226 e. The molecule has 0 aliphatic carbocycles. The van der Waals surface area contributed by atoms with Crippen molar-refractivity contribution in [1.82, 2.24) is 9.97 Å². The average molecular weight is 187 g/mol. The van der Waals surface area contributed by atoms with Gasteiger partial charge >= 0.3 is 0 Å². The molecule has 5 heteroatoms. The molecular weight excluding hydrogens is 176 g/mol. The molecule has 0 aromatic carbocycles. The molecule has 1 aromatic rings. The molecule has 0 bridgehead atoms. The Morgan fingerprint density at radius 3 is 2.67 bits per heavy atom. The van der Waals surface area contributed by atoms with Crippen LogP contribution in [0.4, 0.5) is 11.6 Å². The Bertz CT molecular complexity index is 254. The molecule has 66 valence electrons. The van der Waals surface area contributed by atoms with Gasteiger partial charge in [0.1, 0.15) is 11.6 Å². The van der Waals surface area contributed by atoms with Gasteiger partial charge in [0, 0.05) is 12.1 Å². The molecule has 1 heterocycles. The molecule has 1 aromatic heterocycles. The number of hydrogen-bond acceptors (Lipinski definition) is 4. The second-order valence-corrected chi connectivity index (χ2v) is 3.08. The number of aromatic nitrogens is 2. The maximum atomic E-state index is 5.59. The van der Waals surface area contributed by atoms with Crippen LogP contribution in [0.2, 0.25) is 5.28 Å². The van der Waals surface area contributed by atoms with E-state index in [4.69, 9.17) is 17.3 Å². The van der Waals surface area contributed by atoms with Crippen molar-refractivity contribution in [3.63, 3.8) is 0 Å². The number of halogens is 1. The van der Waals surface area contributed by atoms with E-state index in [1.54, 1.807) is 6.07 Å². The lowest BCUT2D eigenvalue weighted by Crippen LogP contribution is -2.11. The summed E-state index contributed by atoms with van der Waals surface area (Å²) in [4.78, 5) is 7.67. The first-order valence-corrected chi connectivity index (χ1v) is 4.02. The van der Waals surface area contributed by atoms with Crippen LogP contribution in [0, 0.1) is 0 Å². The second kappa shape index (κ2) is 3.58. The molecule has 4 nitrogen and oxygen atoms in total. The first-order valence-electron chi connectivity index (χ1n) is 3.64. The molecule has 0 saturated carbocycles. The van der Waals surface area contributed by atoms with Crippen LogP contribution < -0.4 is 11.1 Å². The zero-order chi connectivity index (χ0) is 9.14. The van der Waals surface area contributed by atoms with Crippen molar-refractivity contribution in [2.45, 2.75) is 19.9 Å². The van der Waals surface area contributed by atoms with Crippen LogP contribution in [-0.2, 0) is 0 Å². The fourth-order valence-electron chi connectivity index (χ4n) is 0.805. The summed E-state index contributed by atoms with van der Waals surface area (Å²) in [6.07, 6.45) is 0. The highest BCUT2D eigenvalue weighted by molar-refractivity contribution is 6.28. The third-order valence-electron chi connectivity index (χ3n) is 1.16. The van der Waals surface area contributed by atoms with Crippen LogP contribution in [0.1, 0.15) is 13.8 Å². The molecule has 1 rings (SSSR count). The molecule has 0 spiro atoms. The lowest BCUT2D eigenvalue weighted by atomic mass is 10.4. The van der Waals surface area contributed by atoms with Gasteiger partial charge in [0.05, 0.1) is 0 Å². The lowest BCUT2D eigenvalue weighted by Gasteiger charge is -2.08. The number of nitrogens with two attached hydrogens (primary N) is 1. The van der Waals surface area contributed by atoms with Crippen molar-refractivity contribution in [1.29, 1.82) is 0 Å². The Hall–Kier alpha value is -1.03. The summed E-state index contributed by atoms with van der Waals surface area (Å²) in [5.74, 6) is 1.03. The number of rotatable bonds is 2. The zero-order valence-electron chi connectivity index (χ0n) is 7.00. The van der Waals surface area contributed by atoms with Gasteiger partial charge in [-0.3, -0.25) is 0 Å². The summed E-state index contributed by atoms with van der Waals surface area (Å²) in [7, 11) is 0. The molecule has 0 radical (unpaired) electrons. The smallest absolute Gasteiger partial charge is 0.226 e. The number of hydrogen-bond donors (Lipinski definition) is 2. The molecule has 0 aliphatic rings. The second-order valence-electron chi connectivity index (χ2n) is 2.75. The summed E-state index contributed by atoms with van der Waals surface area (Å²) in [6.45, 7) is 4.01. The quantitative estimate of drug-likeness (QED) is 0.688. The van der Waals surface area contributed by atoms with E-state index in [9.17, 15) is 0 Å². The molecule has 0 unspecified atom stereocenters. The number of nitrogen functional groups attached to an aromatic ring is 1. The molecule has 0 amide bonds. The van der Waals surface area contributed by atoms with E-state index in [0.29, 0.717) is 17.7 Å². The monoisotopic (exact) mass is 186 g/mol. The van der Waals surface area contributed by atoms with Crippen molar-refractivity contribution in [2.24, 2.45) is 0 Å². The minimum atomic E-state index is 0.165. The van der Waals surface area contributed by atoms with Gasteiger partial charge in [-0.2, -0.15) is 0 Å². The SMILES string of the molecule is CC(C)Nc1cc(N)nc(Cl)n1. The van der Waals surface area contributed by atoms with Gasteiger partial charge in [0.2, 0.25) is 5.28 Å². The van der Waals surface area contributed by atoms with Crippen LogP contribution in [0.3, 0.4) is 0 Å². The molecule has 0 saturated heterocycles. The van der Waals surface area contributed by atoms with Crippen molar-refractivity contribution in [2.75, 3.05) is 11.1 Å². The Morgan fingerprint density at radius 2 is 2.17 bits per heavy atom. The highest BCUT2D eigenvalue weighted by Crippen LogP contribution is 2.12. The van der Waals surface area contributed by atoms with Crippen LogP contribution in [-0.4, -0.2) is 16.0 Å². The highest BCUT2D eigenvalue weighted by atomic mass is 35.5. The largest absolute Gasteiger partial charge is 0.383 e. The van der Waals surface area contributed by atoms with Crippen LogP contribution in [0.15, 0.2) is 6.07 Å². The molecular formula is C7H11ClN4. The van der Waals surface area contributed by atoms with Gasteiger partial charge in [-0.05, 0) is 25.4 Å². The van der Waals surface area contributed by atoms with Crippen molar-refractivity contribution in [3.8, 4) is 0 Å². The first-order chi connectivity index (χ1) is 5.58. The average Bonchev–Trinajstić information content (AvgIpc) is 1.81. The van der Waals surface area contributed by atoms with E-state index >= 15 is 0 Å². The summed E-state index contributed by atoms with van der Waals surface area (Å²) in [6, 6.07) is 1.95. The fraction of sp³-hybridized carbons (Fsp3) is 0.429. The summed E-state index contributed by atoms with van der Waals surface area (Å²) < 4.78 is 0. The minimum absolute atomic E-state index is 0.165. The van der Waals surface area contributed by atoms with Gasteiger partial charge in [0.15, 0.2) is 0 Å². The van der Waals surface area contributed by atoms with Crippen molar-refractivity contribution < 1.29 is 0 Å². The third-order valence-corrected chi connectivity index (χ3v) is 1.32.